The van der Waals surface area contributed by atoms with Gasteiger partial charge in [-0.1, -0.05) is 0 Å². The van der Waals surface area contributed by atoms with Crippen LogP contribution in [0, 0.1) is 13.8 Å². The number of hydrogen-bond donors (Lipinski definition) is 1. The Morgan fingerprint density at radius 2 is 2.06 bits per heavy atom. The second-order valence-corrected chi connectivity index (χ2v) is 4.44. The zero-order valence-electron chi connectivity index (χ0n) is 11.3. The fraction of sp³-hybridized carbons (Fsp3) is 0.357. The molecule has 2 aromatic rings. The van der Waals surface area contributed by atoms with Crippen molar-refractivity contribution in [3.05, 3.63) is 41.2 Å². The molecule has 0 saturated heterocycles. The van der Waals surface area contributed by atoms with Crippen LogP contribution in [0.25, 0.3) is 0 Å². The molecule has 0 bridgehead atoms. The predicted molar refractivity (Wildman–Crippen MR) is 73.0 cm³/mol. The van der Waals surface area contributed by atoms with Gasteiger partial charge in [0.05, 0.1) is 25.0 Å². The molecule has 1 heterocycles. The van der Waals surface area contributed by atoms with E-state index in [0.29, 0.717) is 0 Å². The molecular formula is C14H19N3O. The van der Waals surface area contributed by atoms with Crippen molar-refractivity contribution in [2.24, 2.45) is 7.05 Å². The lowest BCUT2D eigenvalue weighted by molar-refractivity contribution is 0.414. The number of rotatable bonds is 4. The van der Waals surface area contributed by atoms with Crippen LogP contribution in [0.3, 0.4) is 0 Å². The molecule has 1 aromatic heterocycles. The highest BCUT2D eigenvalue weighted by atomic mass is 16.5. The van der Waals surface area contributed by atoms with Gasteiger partial charge in [-0.2, -0.15) is 5.10 Å². The van der Waals surface area contributed by atoms with Gasteiger partial charge in [-0.05, 0) is 43.7 Å². The fourth-order valence-corrected chi connectivity index (χ4v) is 1.98. The summed E-state index contributed by atoms with van der Waals surface area (Å²) in [6.45, 7) is 4.84. The predicted octanol–water partition coefficient (Wildman–Crippen LogP) is 2.66. The first-order chi connectivity index (χ1) is 8.60. The standard InChI is InChI=1S/C14H19N3O/c1-10-7-13(18-4)5-6-14(10)15-9-12-8-11(2)16-17(12)3/h5-8,15H,9H2,1-4H3. The van der Waals surface area contributed by atoms with Gasteiger partial charge < -0.3 is 10.1 Å². The average Bonchev–Trinajstić information content (AvgIpc) is 2.66. The number of anilines is 1. The SMILES string of the molecule is COc1ccc(NCc2cc(C)nn2C)c(C)c1. The van der Waals surface area contributed by atoms with E-state index >= 15 is 0 Å². The van der Waals surface area contributed by atoms with Crippen LogP contribution >= 0.6 is 0 Å². The van der Waals surface area contributed by atoms with Gasteiger partial charge in [0.15, 0.2) is 0 Å². The van der Waals surface area contributed by atoms with Gasteiger partial charge in [0, 0.05) is 12.7 Å². The maximum atomic E-state index is 5.19. The Labute approximate surface area is 108 Å². The third-order valence-corrected chi connectivity index (χ3v) is 2.99. The normalized spacial score (nSPS) is 10.4. The molecule has 0 unspecified atom stereocenters. The molecule has 0 radical (unpaired) electrons. The van der Waals surface area contributed by atoms with Crippen LogP contribution < -0.4 is 10.1 Å². The van der Waals surface area contributed by atoms with E-state index in [1.807, 2.05) is 36.9 Å². The highest BCUT2D eigenvalue weighted by molar-refractivity contribution is 5.53. The summed E-state index contributed by atoms with van der Waals surface area (Å²) < 4.78 is 7.10. The minimum absolute atomic E-state index is 0.768. The van der Waals surface area contributed by atoms with E-state index < -0.39 is 0 Å². The van der Waals surface area contributed by atoms with Crippen molar-refractivity contribution in [2.75, 3.05) is 12.4 Å². The Balaban J connectivity index is 2.08. The van der Waals surface area contributed by atoms with Crippen molar-refractivity contribution in [1.82, 2.24) is 9.78 Å². The Morgan fingerprint density at radius 1 is 1.28 bits per heavy atom. The van der Waals surface area contributed by atoms with Gasteiger partial charge in [-0.25, -0.2) is 0 Å². The molecule has 4 heteroatoms. The second-order valence-electron chi connectivity index (χ2n) is 4.44. The van der Waals surface area contributed by atoms with E-state index in [2.05, 4.69) is 23.4 Å². The van der Waals surface area contributed by atoms with Gasteiger partial charge in [0.2, 0.25) is 0 Å². The maximum absolute atomic E-state index is 5.19. The van der Waals surface area contributed by atoms with Gasteiger partial charge in [-0.3, -0.25) is 4.68 Å². The molecule has 18 heavy (non-hydrogen) atoms. The summed E-state index contributed by atoms with van der Waals surface area (Å²) in [6.07, 6.45) is 0. The molecule has 0 spiro atoms. The first-order valence-electron chi connectivity index (χ1n) is 5.98. The third-order valence-electron chi connectivity index (χ3n) is 2.99. The van der Waals surface area contributed by atoms with Crippen molar-refractivity contribution < 1.29 is 4.74 Å². The van der Waals surface area contributed by atoms with E-state index in [9.17, 15) is 0 Å². The Hall–Kier alpha value is -1.97. The summed E-state index contributed by atoms with van der Waals surface area (Å²) in [4.78, 5) is 0. The average molecular weight is 245 g/mol. The Morgan fingerprint density at radius 3 is 2.61 bits per heavy atom. The fourth-order valence-electron chi connectivity index (χ4n) is 1.98. The minimum atomic E-state index is 0.768. The van der Waals surface area contributed by atoms with Crippen molar-refractivity contribution in [3.63, 3.8) is 0 Å². The molecule has 1 aromatic carbocycles. The number of aromatic nitrogens is 2. The summed E-state index contributed by atoms with van der Waals surface area (Å²) in [5.41, 5.74) is 4.51. The number of hydrogen-bond acceptors (Lipinski definition) is 3. The summed E-state index contributed by atoms with van der Waals surface area (Å²) in [6, 6.07) is 8.11. The van der Waals surface area contributed by atoms with Crippen LogP contribution in [0.2, 0.25) is 0 Å². The van der Waals surface area contributed by atoms with Crippen molar-refractivity contribution in [1.29, 1.82) is 0 Å². The first kappa shape index (κ1) is 12.5. The number of nitrogens with zero attached hydrogens (tertiary/aromatic N) is 2. The molecule has 4 nitrogen and oxygen atoms in total. The molecule has 0 saturated carbocycles. The van der Waals surface area contributed by atoms with E-state index in [4.69, 9.17) is 4.74 Å². The van der Waals surface area contributed by atoms with Crippen molar-refractivity contribution in [3.8, 4) is 5.75 Å². The van der Waals surface area contributed by atoms with Crippen LogP contribution in [-0.4, -0.2) is 16.9 Å². The number of aryl methyl sites for hydroxylation is 3. The molecule has 0 aliphatic carbocycles. The van der Waals surface area contributed by atoms with Crippen LogP contribution in [0.5, 0.6) is 5.75 Å². The highest BCUT2D eigenvalue weighted by Gasteiger charge is 2.04. The van der Waals surface area contributed by atoms with Gasteiger partial charge >= 0.3 is 0 Å². The van der Waals surface area contributed by atoms with E-state index in [0.717, 1.165) is 23.7 Å². The zero-order valence-corrected chi connectivity index (χ0v) is 11.3. The number of ether oxygens (including phenoxy) is 1. The van der Waals surface area contributed by atoms with E-state index in [1.165, 1.54) is 11.3 Å². The van der Waals surface area contributed by atoms with Crippen molar-refractivity contribution in [2.45, 2.75) is 20.4 Å². The lowest BCUT2D eigenvalue weighted by Crippen LogP contribution is -2.06. The molecule has 96 valence electrons. The highest BCUT2D eigenvalue weighted by Crippen LogP contribution is 2.21. The van der Waals surface area contributed by atoms with Gasteiger partial charge in [-0.15, -0.1) is 0 Å². The Kier molecular flexibility index (Phi) is 3.55. The van der Waals surface area contributed by atoms with Gasteiger partial charge in [0.1, 0.15) is 5.75 Å². The zero-order chi connectivity index (χ0) is 13.1. The second kappa shape index (κ2) is 5.12. The van der Waals surface area contributed by atoms with E-state index in [1.54, 1.807) is 7.11 Å². The maximum Gasteiger partial charge on any atom is 0.119 e. The van der Waals surface area contributed by atoms with Crippen LogP contribution in [0.1, 0.15) is 17.0 Å². The Bertz CT molecular complexity index is 546. The molecule has 1 N–H and O–H groups in total. The molecule has 0 aliphatic heterocycles. The molecule has 0 aliphatic rings. The largest absolute Gasteiger partial charge is 0.497 e. The monoisotopic (exact) mass is 245 g/mol. The molecule has 0 amide bonds. The van der Waals surface area contributed by atoms with E-state index in [-0.39, 0.29) is 0 Å². The molecule has 0 atom stereocenters. The van der Waals surface area contributed by atoms with Crippen LogP contribution in [-0.2, 0) is 13.6 Å². The van der Waals surface area contributed by atoms with Crippen LogP contribution in [0.4, 0.5) is 5.69 Å². The summed E-state index contributed by atoms with van der Waals surface area (Å²) in [5.74, 6) is 0.884. The topological polar surface area (TPSA) is 39.1 Å². The number of methoxy groups -OCH3 is 1. The quantitative estimate of drug-likeness (QED) is 0.900. The first-order valence-corrected chi connectivity index (χ1v) is 5.98. The molecular weight excluding hydrogens is 226 g/mol. The lowest BCUT2D eigenvalue weighted by Gasteiger charge is -2.11. The van der Waals surface area contributed by atoms with Crippen LogP contribution in [0.15, 0.2) is 24.3 Å². The summed E-state index contributed by atoms with van der Waals surface area (Å²) >= 11 is 0. The lowest BCUT2D eigenvalue weighted by atomic mass is 10.2. The van der Waals surface area contributed by atoms with Crippen molar-refractivity contribution >= 4 is 5.69 Å². The molecule has 0 fully saturated rings. The smallest absolute Gasteiger partial charge is 0.119 e. The number of nitrogens with one attached hydrogen (secondary N) is 1. The van der Waals surface area contributed by atoms with Gasteiger partial charge in [0.25, 0.3) is 0 Å². The summed E-state index contributed by atoms with van der Waals surface area (Å²) in [5, 5.41) is 7.75. The minimum Gasteiger partial charge on any atom is -0.497 e. The summed E-state index contributed by atoms with van der Waals surface area (Å²) in [7, 11) is 3.64. The number of benzene rings is 1. The third kappa shape index (κ3) is 2.64. The molecule has 2 rings (SSSR count).